The number of rotatable bonds is 8. The third kappa shape index (κ3) is 7.92. The number of carboxylic acids is 1. The first-order valence-electron chi connectivity index (χ1n) is 6.21. The molecule has 1 N–H and O–H groups in total. The molecule has 0 aliphatic carbocycles. The van der Waals surface area contributed by atoms with Crippen LogP contribution in [-0.2, 0) is 23.5 Å². The lowest BCUT2D eigenvalue weighted by Crippen LogP contribution is -2.32. The van der Waals surface area contributed by atoms with Crippen molar-refractivity contribution in [3.63, 3.8) is 0 Å². The molecule has 0 saturated heterocycles. The van der Waals surface area contributed by atoms with Gasteiger partial charge in [-0.3, -0.25) is 4.18 Å². The fourth-order valence-corrected chi connectivity index (χ4v) is 2.52. The van der Waals surface area contributed by atoms with Gasteiger partial charge in [0.25, 0.3) is 0 Å². The first-order chi connectivity index (χ1) is 9.66. The second-order valence-electron chi connectivity index (χ2n) is 5.44. The van der Waals surface area contributed by atoms with Gasteiger partial charge < -0.3 is 9.53 Å². The molecular formula is C11H19F3O6SSi. The maximum Gasteiger partial charge on any atom is 0.523 e. The van der Waals surface area contributed by atoms with Gasteiger partial charge in [-0.25, -0.2) is 4.79 Å². The Labute approximate surface area is 128 Å². The van der Waals surface area contributed by atoms with E-state index < -0.39 is 36.0 Å². The lowest BCUT2D eigenvalue weighted by Gasteiger charge is -2.20. The molecule has 1 atom stereocenters. The summed E-state index contributed by atoms with van der Waals surface area (Å²) >= 11 is 0. The lowest BCUT2D eigenvalue weighted by atomic mass is 10.2. The number of carboxylic acid groups (broad SMARTS) is 1. The van der Waals surface area contributed by atoms with Crippen molar-refractivity contribution in [2.45, 2.75) is 44.6 Å². The summed E-state index contributed by atoms with van der Waals surface area (Å²) in [6.07, 6.45) is -0.970. The predicted molar refractivity (Wildman–Crippen MR) is 75.2 cm³/mol. The van der Waals surface area contributed by atoms with Crippen LogP contribution in [0.1, 0.15) is 13.3 Å². The standard InChI is InChI=1S/C11H19F3O6SSi/c1-8(10(15)16)7-9(5-6-19-22(2,3)4)20-21(17,18)11(12,13)14/h7,9H,5-6H2,1-4H3,(H,15,16). The van der Waals surface area contributed by atoms with E-state index in [0.29, 0.717) is 0 Å². The molecule has 0 aromatic rings. The molecule has 0 aliphatic rings. The number of hydrogen-bond acceptors (Lipinski definition) is 5. The van der Waals surface area contributed by atoms with Crippen LogP contribution in [0.15, 0.2) is 11.6 Å². The summed E-state index contributed by atoms with van der Waals surface area (Å²) in [5, 5.41) is 8.72. The van der Waals surface area contributed by atoms with Crippen LogP contribution in [0.2, 0.25) is 19.6 Å². The summed E-state index contributed by atoms with van der Waals surface area (Å²) in [5.41, 5.74) is -5.90. The van der Waals surface area contributed by atoms with Crippen LogP contribution in [0.4, 0.5) is 13.2 Å². The zero-order valence-corrected chi connectivity index (χ0v) is 14.4. The average molecular weight is 364 g/mol. The molecule has 0 aliphatic heterocycles. The van der Waals surface area contributed by atoms with E-state index in [1.807, 2.05) is 19.6 Å². The van der Waals surface area contributed by atoms with Gasteiger partial charge in [0.15, 0.2) is 8.32 Å². The van der Waals surface area contributed by atoms with E-state index >= 15 is 0 Å². The third-order valence-corrected chi connectivity index (χ3v) is 4.38. The highest BCUT2D eigenvalue weighted by molar-refractivity contribution is 7.87. The van der Waals surface area contributed by atoms with E-state index in [1.54, 1.807) is 0 Å². The maximum absolute atomic E-state index is 12.3. The molecular weight excluding hydrogens is 345 g/mol. The van der Waals surface area contributed by atoms with Gasteiger partial charge >= 0.3 is 21.6 Å². The molecule has 0 fully saturated rings. The van der Waals surface area contributed by atoms with Crippen LogP contribution in [0.3, 0.4) is 0 Å². The van der Waals surface area contributed by atoms with Crippen molar-refractivity contribution < 1.29 is 40.1 Å². The van der Waals surface area contributed by atoms with Crippen LogP contribution in [-0.4, -0.2) is 46.0 Å². The second kappa shape index (κ2) is 7.57. The topological polar surface area (TPSA) is 89.9 Å². The Morgan fingerprint density at radius 3 is 2.18 bits per heavy atom. The Hall–Kier alpha value is -0.913. The molecule has 1 unspecified atom stereocenters. The van der Waals surface area contributed by atoms with E-state index in [-0.39, 0.29) is 18.6 Å². The lowest BCUT2D eigenvalue weighted by molar-refractivity contribution is -0.132. The van der Waals surface area contributed by atoms with Crippen LogP contribution >= 0.6 is 0 Å². The largest absolute Gasteiger partial charge is 0.523 e. The monoisotopic (exact) mass is 364 g/mol. The van der Waals surface area contributed by atoms with Gasteiger partial charge in [-0.1, -0.05) is 0 Å². The molecule has 0 aromatic carbocycles. The third-order valence-electron chi connectivity index (χ3n) is 2.24. The quantitative estimate of drug-likeness (QED) is 0.308. The summed E-state index contributed by atoms with van der Waals surface area (Å²) in [4.78, 5) is 10.7. The minimum Gasteiger partial charge on any atom is -0.478 e. The first kappa shape index (κ1) is 21.1. The van der Waals surface area contributed by atoms with Gasteiger partial charge in [0.1, 0.15) is 0 Å². The van der Waals surface area contributed by atoms with E-state index in [2.05, 4.69) is 4.18 Å². The van der Waals surface area contributed by atoms with Gasteiger partial charge in [0, 0.05) is 18.6 Å². The van der Waals surface area contributed by atoms with Crippen molar-refractivity contribution in [3.05, 3.63) is 11.6 Å². The number of halogens is 3. The zero-order valence-electron chi connectivity index (χ0n) is 12.6. The highest BCUT2D eigenvalue weighted by atomic mass is 32.2. The average Bonchev–Trinajstić information content (AvgIpc) is 2.24. The van der Waals surface area contributed by atoms with Crippen molar-refractivity contribution >= 4 is 24.4 Å². The van der Waals surface area contributed by atoms with Gasteiger partial charge in [0.2, 0.25) is 0 Å². The summed E-state index contributed by atoms with van der Waals surface area (Å²) < 4.78 is 68.5. The minimum absolute atomic E-state index is 0.0445. The molecule has 0 rings (SSSR count). The van der Waals surface area contributed by atoms with Gasteiger partial charge in [0.05, 0.1) is 6.10 Å². The van der Waals surface area contributed by atoms with Gasteiger partial charge in [-0.2, -0.15) is 21.6 Å². The summed E-state index contributed by atoms with van der Waals surface area (Å²) in [7, 11) is -7.76. The minimum atomic E-state index is -5.82. The van der Waals surface area contributed by atoms with Crippen molar-refractivity contribution in [2.75, 3.05) is 6.61 Å². The summed E-state index contributed by atoms with van der Waals surface area (Å²) in [6, 6.07) is 0. The molecule has 22 heavy (non-hydrogen) atoms. The van der Waals surface area contributed by atoms with Crippen LogP contribution in [0, 0.1) is 0 Å². The fourth-order valence-electron chi connectivity index (χ4n) is 1.21. The fraction of sp³-hybridized carbons (Fsp3) is 0.727. The molecule has 0 heterocycles. The van der Waals surface area contributed by atoms with Crippen LogP contribution in [0.5, 0.6) is 0 Å². The molecule has 0 saturated carbocycles. The number of alkyl halides is 3. The molecule has 0 radical (unpaired) electrons. The molecule has 130 valence electrons. The van der Waals surface area contributed by atoms with E-state index in [0.717, 1.165) is 13.0 Å². The Morgan fingerprint density at radius 2 is 1.82 bits per heavy atom. The Kier molecular flexibility index (Phi) is 7.26. The first-order valence-corrected chi connectivity index (χ1v) is 11.0. The Bertz CT molecular complexity index is 521. The highest BCUT2D eigenvalue weighted by Crippen LogP contribution is 2.27. The SMILES string of the molecule is CC(=CC(CCO[Si](C)(C)C)OS(=O)(=O)C(F)(F)F)C(=O)O. The molecule has 6 nitrogen and oxygen atoms in total. The van der Waals surface area contributed by atoms with Gasteiger partial charge in [-0.15, -0.1) is 0 Å². The van der Waals surface area contributed by atoms with Crippen LogP contribution in [0.25, 0.3) is 0 Å². The molecule has 11 heteroatoms. The summed E-state index contributed by atoms with van der Waals surface area (Å²) in [6.45, 7) is 6.60. The van der Waals surface area contributed by atoms with Crippen molar-refractivity contribution in [1.29, 1.82) is 0 Å². The second-order valence-corrected chi connectivity index (χ2v) is 11.5. The van der Waals surface area contributed by atoms with E-state index in [9.17, 15) is 26.4 Å². The zero-order chi connectivity index (χ0) is 17.8. The maximum atomic E-state index is 12.3. The number of carbonyl (C=O) groups is 1. The van der Waals surface area contributed by atoms with Crippen LogP contribution < -0.4 is 0 Å². The molecule has 0 spiro atoms. The van der Waals surface area contributed by atoms with E-state index in [1.165, 1.54) is 0 Å². The molecule has 0 amide bonds. The molecule has 0 bridgehead atoms. The Balaban J connectivity index is 5.12. The smallest absolute Gasteiger partial charge is 0.478 e. The predicted octanol–water partition coefficient (Wildman–Crippen LogP) is 2.49. The normalized spacial score (nSPS) is 15.7. The number of aliphatic carboxylic acids is 1. The number of hydrogen-bond donors (Lipinski definition) is 1. The highest BCUT2D eigenvalue weighted by Gasteiger charge is 2.48. The van der Waals surface area contributed by atoms with E-state index in [4.69, 9.17) is 9.53 Å². The molecule has 0 aromatic heterocycles. The van der Waals surface area contributed by atoms with Crippen molar-refractivity contribution in [2.24, 2.45) is 0 Å². The Morgan fingerprint density at radius 1 is 1.32 bits per heavy atom. The van der Waals surface area contributed by atoms with Gasteiger partial charge in [-0.05, 0) is 32.6 Å². The van der Waals surface area contributed by atoms with Crippen molar-refractivity contribution in [1.82, 2.24) is 0 Å². The van der Waals surface area contributed by atoms with Crippen molar-refractivity contribution in [3.8, 4) is 0 Å². The summed E-state index contributed by atoms with van der Waals surface area (Å²) in [5.74, 6) is -1.39.